The highest BCUT2D eigenvalue weighted by Gasteiger charge is 2.84. The molecule has 2 aromatic rings. The second kappa shape index (κ2) is 12.9. The zero-order valence-corrected chi connectivity index (χ0v) is 42.8. The van der Waals surface area contributed by atoms with Gasteiger partial charge in [0.1, 0.15) is 23.4 Å². The topological polar surface area (TPSA) is 124 Å². The van der Waals surface area contributed by atoms with Crippen molar-refractivity contribution in [1.29, 1.82) is 0 Å². The Hall–Kier alpha value is -2.60. The number of fused-ring (bicyclic) bond motifs is 4. The van der Waals surface area contributed by atoms with Crippen LogP contribution in [0.25, 0.3) is 11.1 Å². The van der Waals surface area contributed by atoms with E-state index in [4.69, 9.17) is 18.9 Å². The largest absolute Gasteiger partial charge is 0.504 e. The van der Waals surface area contributed by atoms with Crippen LogP contribution in [0.4, 0.5) is 0 Å². The molecule has 14 atom stereocenters. The summed E-state index contributed by atoms with van der Waals surface area (Å²) in [4.78, 5) is 5.67. The third-order valence-corrected chi connectivity index (χ3v) is 24.2. The molecule has 4 spiro atoms. The molecule has 10 nitrogen and oxygen atoms in total. The predicted octanol–water partition coefficient (Wildman–Crippen LogP) is 8.81. The molecule has 370 valence electrons. The zero-order valence-electron chi connectivity index (χ0n) is 42.8. The maximum absolute atomic E-state index is 13.1. The van der Waals surface area contributed by atoms with Gasteiger partial charge in [0.05, 0.1) is 11.2 Å². The molecule has 2 unspecified atom stereocenters. The highest BCUT2D eigenvalue weighted by atomic mass is 16.6. The molecule has 8 saturated carbocycles. The SMILES string of the molecule is CO[C@]12CC[C@@]3(C[C@@H]1C(C)(O)C(C)(C)C)[C@H]1Cc4cc(-c5cc6c7c(c5O)O[C@H]5[C@@]8(OC)CC[C@@]9(C[C@@H]8C(C)(O)C(C)(C)C)[C@@H](C6)N(CC6CC6)CC[C@]759)c(O)c5c4[C@@]3(CCN1CC1CC1)[C@H]2O5. The molecule has 4 N–H and O–H groups in total. The van der Waals surface area contributed by atoms with E-state index in [2.05, 4.69) is 63.5 Å². The van der Waals surface area contributed by atoms with E-state index in [-0.39, 0.29) is 69.3 Å². The summed E-state index contributed by atoms with van der Waals surface area (Å²) in [7, 11) is 3.68. The van der Waals surface area contributed by atoms with E-state index >= 15 is 0 Å². The van der Waals surface area contributed by atoms with Crippen LogP contribution in [0.3, 0.4) is 0 Å². The summed E-state index contributed by atoms with van der Waals surface area (Å²) in [5.74, 6) is 2.48. The number of phenolic OH excluding ortho intramolecular Hbond substituents is 2. The van der Waals surface area contributed by atoms with Crippen molar-refractivity contribution in [2.75, 3.05) is 40.4 Å². The number of ether oxygens (including phenoxy) is 4. The van der Waals surface area contributed by atoms with Crippen molar-refractivity contribution in [3.8, 4) is 34.1 Å². The number of phenols is 2. The normalized spacial score (nSPS) is 44.2. The third kappa shape index (κ3) is 4.69. The molecular weight excluding hydrogens is 853 g/mol. The molecule has 2 saturated heterocycles. The van der Waals surface area contributed by atoms with Gasteiger partial charge in [-0.15, -0.1) is 0 Å². The van der Waals surface area contributed by atoms with E-state index in [1.165, 1.54) is 47.9 Å². The fourth-order valence-electron chi connectivity index (χ4n) is 19.7. The van der Waals surface area contributed by atoms with Crippen molar-refractivity contribution in [2.45, 2.75) is 203 Å². The van der Waals surface area contributed by atoms with Crippen molar-refractivity contribution in [2.24, 2.45) is 45.3 Å². The number of piperidine rings is 2. The van der Waals surface area contributed by atoms with Gasteiger partial charge in [-0.25, -0.2) is 0 Å². The molecule has 10 aliphatic carbocycles. The van der Waals surface area contributed by atoms with Gasteiger partial charge in [-0.05, 0) is 163 Å². The molecule has 4 heterocycles. The van der Waals surface area contributed by atoms with E-state index in [1.54, 1.807) is 0 Å². The molecule has 14 aliphatic rings. The van der Waals surface area contributed by atoms with Gasteiger partial charge < -0.3 is 39.4 Å². The first-order valence-electron chi connectivity index (χ1n) is 27.2. The van der Waals surface area contributed by atoms with Crippen LogP contribution in [0.5, 0.6) is 23.0 Å². The van der Waals surface area contributed by atoms with E-state index in [1.807, 2.05) is 28.1 Å². The number of methoxy groups -OCH3 is 2. The lowest BCUT2D eigenvalue weighted by molar-refractivity contribution is -0.312. The molecule has 0 radical (unpaired) electrons. The fourth-order valence-corrected chi connectivity index (χ4v) is 19.7. The number of nitrogens with zero attached hydrogens (tertiary/aromatic N) is 2. The molecule has 10 heteroatoms. The molecule has 0 aromatic heterocycles. The lowest BCUT2D eigenvalue weighted by atomic mass is 9.33. The van der Waals surface area contributed by atoms with Gasteiger partial charge in [0.15, 0.2) is 23.0 Å². The Kier molecular flexibility index (Phi) is 8.40. The number of aromatic hydroxyl groups is 2. The average molecular weight is 933 g/mol. The van der Waals surface area contributed by atoms with Crippen LogP contribution in [0.2, 0.25) is 0 Å². The van der Waals surface area contributed by atoms with Crippen molar-refractivity contribution >= 4 is 0 Å². The van der Waals surface area contributed by atoms with Crippen molar-refractivity contribution in [1.82, 2.24) is 9.80 Å². The minimum absolute atomic E-state index is 0.0971. The van der Waals surface area contributed by atoms with Crippen LogP contribution < -0.4 is 9.47 Å². The molecule has 8 bridgehead atoms. The number of hydrogen-bond donors (Lipinski definition) is 4. The third-order valence-electron chi connectivity index (χ3n) is 24.2. The number of rotatable bonds is 9. The van der Waals surface area contributed by atoms with Crippen LogP contribution in [0.15, 0.2) is 12.1 Å². The van der Waals surface area contributed by atoms with Gasteiger partial charge in [-0.3, -0.25) is 9.80 Å². The van der Waals surface area contributed by atoms with Gasteiger partial charge >= 0.3 is 0 Å². The maximum atomic E-state index is 13.1. The van der Waals surface area contributed by atoms with Crippen molar-refractivity contribution in [3.63, 3.8) is 0 Å². The minimum Gasteiger partial charge on any atom is -0.504 e. The zero-order chi connectivity index (χ0) is 47.5. The number of benzene rings is 2. The molecule has 4 aliphatic heterocycles. The van der Waals surface area contributed by atoms with Gasteiger partial charge in [-0.1, -0.05) is 41.5 Å². The highest BCUT2D eigenvalue weighted by Crippen LogP contribution is 2.81. The van der Waals surface area contributed by atoms with Gasteiger partial charge in [0.2, 0.25) is 0 Å². The second-order valence-corrected chi connectivity index (χ2v) is 28.0. The Labute approximate surface area is 404 Å². The van der Waals surface area contributed by atoms with Crippen LogP contribution >= 0.6 is 0 Å². The lowest BCUT2D eigenvalue weighted by Crippen LogP contribution is -2.83. The molecule has 68 heavy (non-hydrogen) atoms. The van der Waals surface area contributed by atoms with Crippen LogP contribution in [-0.4, -0.2) is 117 Å². The Morgan fingerprint density at radius 1 is 0.588 bits per heavy atom. The maximum Gasteiger partial charge on any atom is 0.166 e. The summed E-state index contributed by atoms with van der Waals surface area (Å²) in [6.45, 7) is 21.3. The fraction of sp³-hybridized carbons (Fsp3) is 0.793. The predicted molar refractivity (Wildman–Crippen MR) is 259 cm³/mol. The van der Waals surface area contributed by atoms with E-state index < -0.39 is 33.2 Å². The first-order valence-corrected chi connectivity index (χ1v) is 27.2. The average Bonchev–Trinajstić information content (AvgIpc) is 4.22. The van der Waals surface area contributed by atoms with E-state index in [0.29, 0.717) is 22.6 Å². The summed E-state index contributed by atoms with van der Waals surface area (Å²) in [6.07, 6.45) is 13.4. The van der Waals surface area contributed by atoms with Crippen molar-refractivity contribution in [3.05, 3.63) is 34.4 Å². The van der Waals surface area contributed by atoms with Gasteiger partial charge in [-0.2, -0.15) is 0 Å². The molecule has 2 aromatic carbocycles. The summed E-state index contributed by atoms with van der Waals surface area (Å²) >= 11 is 0. The summed E-state index contributed by atoms with van der Waals surface area (Å²) in [5.41, 5.74) is 0.598. The van der Waals surface area contributed by atoms with Crippen LogP contribution in [-0.2, 0) is 33.1 Å². The standard InChI is InChI=1S/C58H80N2O8/c1-49(2,3)51(7,63)37-27-53-15-17-57(37,65-9)47-55(53)19-21-59(29-31-11-12-31)39(53)25-33-23-35(43(61)45(67-47)41(33)55)36-24-34-26-40-54-16-18-58(66-10,38(28-54)52(8,64)50(4,5)6)48-56(54,42(34)46(68-48)44(36)62)20-22-60(40)30-32-13-14-32/h23-24,31-32,37-40,47-48,61-64H,11-22,25-30H2,1-10H3/t37-,38-,39-,40-,47-,48-,51?,52?,53-,54-,55+,56+,57-,58-/m1/s1. The molecule has 0 amide bonds. The number of likely N-dealkylation sites (tertiary alicyclic amines) is 2. The summed E-state index contributed by atoms with van der Waals surface area (Å²) in [6, 6.07) is 5.00. The Balaban J connectivity index is 0.957. The quantitative estimate of drug-likeness (QED) is 0.194. The van der Waals surface area contributed by atoms with E-state index in [9.17, 15) is 20.4 Å². The number of aliphatic hydroxyl groups is 2. The smallest absolute Gasteiger partial charge is 0.166 e. The Morgan fingerprint density at radius 2 is 0.971 bits per heavy atom. The summed E-state index contributed by atoms with van der Waals surface area (Å²) < 4.78 is 28.8. The first kappa shape index (κ1) is 44.1. The Bertz CT molecular complexity index is 2380. The second-order valence-electron chi connectivity index (χ2n) is 28.0. The van der Waals surface area contributed by atoms with Crippen LogP contribution in [0, 0.1) is 45.3 Å². The lowest BCUT2D eigenvalue weighted by Gasteiger charge is -2.75. The van der Waals surface area contributed by atoms with Crippen LogP contribution in [0.1, 0.15) is 155 Å². The molecule has 16 rings (SSSR count). The van der Waals surface area contributed by atoms with Gasteiger partial charge in [0, 0.05) is 95.1 Å². The first-order chi connectivity index (χ1) is 32.0. The highest BCUT2D eigenvalue weighted by molar-refractivity contribution is 5.86. The minimum atomic E-state index is -1.04. The molecule has 10 fully saturated rings. The monoisotopic (exact) mass is 933 g/mol. The number of hydrogen-bond acceptors (Lipinski definition) is 10. The summed E-state index contributed by atoms with van der Waals surface area (Å²) in [5, 5.41) is 51.9. The van der Waals surface area contributed by atoms with E-state index in [0.717, 1.165) is 102 Å². The van der Waals surface area contributed by atoms with Gasteiger partial charge in [0.25, 0.3) is 0 Å². The molecular formula is C58H80N2O8. The Morgan fingerprint density at radius 3 is 1.31 bits per heavy atom. The van der Waals surface area contributed by atoms with Crippen molar-refractivity contribution < 1.29 is 39.4 Å².